The molecule has 4 N–H and O–H groups in total. The van der Waals surface area contributed by atoms with Gasteiger partial charge in [-0.2, -0.15) is 0 Å². The third-order valence-electron chi connectivity index (χ3n) is 4.04. The molecule has 2 aromatic rings. The molecule has 142 valence electrons. The average molecular weight is 379 g/mol. The number of aliphatic hydroxyl groups excluding tert-OH is 1. The van der Waals surface area contributed by atoms with Crippen molar-refractivity contribution in [3.63, 3.8) is 0 Å². The molecule has 2 rings (SSSR count). The SMILES string of the molecule is CC(Cc1ccc(O)cc1)NCC(O)c1ccc(O)c(CS(C)(=O)=O)c1. The number of aromatic hydroxyl groups is 2. The highest BCUT2D eigenvalue weighted by Crippen LogP contribution is 2.24. The zero-order valence-corrected chi connectivity index (χ0v) is 15.7. The van der Waals surface area contributed by atoms with Crippen LogP contribution in [-0.2, 0) is 22.0 Å². The smallest absolute Gasteiger partial charge is 0.151 e. The molecule has 7 heteroatoms. The van der Waals surface area contributed by atoms with Gasteiger partial charge in [0.2, 0.25) is 0 Å². The third kappa shape index (κ3) is 6.33. The number of hydrogen-bond donors (Lipinski definition) is 4. The molecule has 0 aliphatic carbocycles. The van der Waals surface area contributed by atoms with Gasteiger partial charge in [0, 0.05) is 24.4 Å². The summed E-state index contributed by atoms with van der Waals surface area (Å²) in [5.74, 6) is -0.147. The monoisotopic (exact) mass is 379 g/mol. The quantitative estimate of drug-likeness (QED) is 0.558. The molecule has 2 unspecified atom stereocenters. The Morgan fingerprint density at radius 3 is 2.35 bits per heavy atom. The second-order valence-electron chi connectivity index (χ2n) is 6.65. The van der Waals surface area contributed by atoms with E-state index in [1.165, 1.54) is 12.1 Å². The average Bonchev–Trinajstić information content (AvgIpc) is 2.55. The summed E-state index contributed by atoms with van der Waals surface area (Å²) in [6.07, 6.45) is 1.01. The lowest BCUT2D eigenvalue weighted by molar-refractivity contribution is 0.170. The summed E-state index contributed by atoms with van der Waals surface area (Å²) in [6.45, 7) is 2.29. The van der Waals surface area contributed by atoms with Crippen molar-refractivity contribution in [3.05, 3.63) is 59.2 Å². The van der Waals surface area contributed by atoms with Crippen LogP contribution in [0.3, 0.4) is 0 Å². The van der Waals surface area contributed by atoms with E-state index in [9.17, 15) is 23.7 Å². The summed E-state index contributed by atoms with van der Waals surface area (Å²) in [6, 6.07) is 11.6. The van der Waals surface area contributed by atoms with Gasteiger partial charge >= 0.3 is 0 Å². The molecule has 0 saturated carbocycles. The minimum absolute atomic E-state index is 0.0972. The van der Waals surface area contributed by atoms with Crippen molar-refractivity contribution >= 4 is 9.84 Å². The van der Waals surface area contributed by atoms with E-state index in [0.29, 0.717) is 12.1 Å². The van der Waals surface area contributed by atoms with Crippen LogP contribution in [0.4, 0.5) is 0 Å². The van der Waals surface area contributed by atoms with E-state index in [1.54, 1.807) is 18.2 Å². The van der Waals surface area contributed by atoms with Gasteiger partial charge in [-0.05, 0) is 48.7 Å². The molecule has 0 fully saturated rings. The van der Waals surface area contributed by atoms with E-state index in [2.05, 4.69) is 5.32 Å². The Kier molecular flexibility index (Phi) is 6.63. The Hall–Kier alpha value is -2.09. The fraction of sp³-hybridized carbons (Fsp3) is 0.368. The van der Waals surface area contributed by atoms with Gasteiger partial charge < -0.3 is 20.6 Å². The number of hydrogen-bond acceptors (Lipinski definition) is 6. The van der Waals surface area contributed by atoms with Crippen molar-refractivity contribution in [2.24, 2.45) is 0 Å². The number of phenolic OH excluding ortho intramolecular Hbond substituents is 2. The maximum absolute atomic E-state index is 11.4. The highest BCUT2D eigenvalue weighted by molar-refractivity contribution is 7.89. The lowest BCUT2D eigenvalue weighted by Gasteiger charge is -2.18. The van der Waals surface area contributed by atoms with Crippen molar-refractivity contribution in [2.75, 3.05) is 12.8 Å². The summed E-state index contributed by atoms with van der Waals surface area (Å²) in [5, 5.41) is 32.7. The summed E-state index contributed by atoms with van der Waals surface area (Å²) in [5.41, 5.74) is 1.89. The molecule has 0 aliphatic rings. The van der Waals surface area contributed by atoms with Crippen molar-refractivity contribution < 1.29 is 23.7 Å². The number of rotatable bonds is 8. The van der Waals surface area contributed by atoms with Gasteiger partial charge in [-0.1, -0.05) is 18.2 Å². The van der Waals surface area contributed by atoms with E-state index < -0.39 is 15.9 Å². The number of benzene rings is 2. The van der Waals surface area contributed by atoms with Gasteiger partial charge in [-0.3, -0.25) is 0 Å². The van der Waals surface area contributed by atoms with E-state index in [4.69, 9.17) is 0 Å². The van der Waals surface area contributed by atoms with Gasteiger partial charge in [0.1, 0.15) is 11.5 Å². The molecule has 26 heavy (non-hydrogen) atoms. The van der Waals surface area contributed by atoms with Crippen LogP contribution in [0.15, 0.2) is 42.5 Å². The van der Waals surface area contributed by atoms with Gasteiger partial charge in [-0.25, -0.2) is 8.42 Å². The third-order valence-corrected chi connectivity index (χ3v) is 4.88. The second-order valence-corrected chi connectivity index (χ2v) is 8.79. The standard InChI is InChI=1S/C19H25NO5S/c1-13(9-14-3-6-17(21)7-4-14)20-11-19(23)15-5-8-18(22)16(10-15)12-26(2,24)25/h3-8,10,13,19-23H,9,11-12H2,1-2H3. The Morgan fingerprint density at radius 2 is 1.73 bits per heavy atom. The van der Waals surface area contributed by atoms with Crippen LogP contribution in [0.25, 0.3) is 0 Å². The van der Waals surface area contributed by atoms with Crippen LogP contribution in [-0.4, -0.2) is 42.6 Å². The summed E-state index contributed by atoms with van der Waals surface area (Å²) >= 11 is 0. The van der Waals surface area contributed by atoms with Crippen molar-refractivity contribution in [3.8, 4) is 11.5 Å². The summed E-state index contributed by atoms with van der Waals surface area (Å²) in [7, 11) is -3.28. The molecule has 6 nitrogen and oxygen atoms in total. The molecule has 0 bridgehead atoms. The summed E-state index contributed by atoms with van der Waals surface area (Å²) in [4.78, 5) is 0. The largest absolute Gasteiger partial charge is 0.508 e. The van der Waals surface area contributed by atoms with E-state index in [0.717, 1.165) is 18.2 Å². The minimum atomic E-state index is -3.28. The van der Waals surface area contributed by atoms with Gasteiger partial charge in [0.05, 0.1) is 11.9 Å². The van der Waals surface area contributed by atoms with E-state index in [1.807, 2.05) is 19.1 Å². The number of aliphatic hydroxyl groups is 1. The highest BCUT2D eigenvalue weighted by atomic mass is 32.2. The van der Waals surface area contributed by atoms with Crippen LogP contribution >= 0.6 is 0 Å². The Balaban J connectivity index is 1.95. The predicted molar refractivity (Wildman–Crippen MR) is 101 cm³/mol. The predicted octanol–water partition coefficient (Wildman–Crippen LogP) is 1.90. The first kappa shape index (κ1) is 20.2. The second kappa shape index (κ2) is 8.53. The van der Waals surface area contributed by atoms with Crippen LogP contribution < -0.4 is 5.32 Å². The number of phenols is 2. The molecule has 2 aromatic carbocycles. The lowest BCUT2D eigenvalue weighted by Crippen LogP contribution is -2.32. The minimum Gasteiger partial charge on any atom is -0.508 e. The van der Waals surface area contributed by atoms with Crippen molar-refractivity contribution in [2.45, 2.75) is 31.2 Å². The van der Waals surface area contributed by atoms with Crippen molar-refractivity contribution in [1.29, 1.82) is 0 Å². The molecule has 0 aliphatic heterocycles. The molecule has 0 aromatic heterocycles. The molecule has 0 radical (unpaired) electrons. The Morgan fingerprint density at radius 1 is 1.08 bits per heavy atom. The highest BCUT2D eigenvalue weighted by Gasteiger charge is 2.15. The first-order valence-corrected chi connectivity index (χ1v) is 10.4. The maximum atomic E-state index is 11.4. The van der Waals surface area contributed by atoms with E-state index in [-0.39, 0.29) is 28.9 Å². The molecule has 0 amide bonds. The molecular weight excluding hydrogens is 354 g/mol. The molecule has 0 saturated heterocycles. The molecule has 0 heterocycles. The Bertz CT molecular complexity index is 834. The number of nitrogens with one attached hydrogen (secondary N) is 1. The lowest BCUT2D eigenvalue weighted by atomic mass is 10.0. The fourth-order valence-corrected chi connectivity index (χ4v) is 3.50. The zero-order valence-electron chi connectivity index (χ0n) is 14.9. The fourth-order valence-electron chi connectivity index (χ4n) is 2.70. The van der Waals surface area contributed by atoms with Crippen LogP contribution in [0, 0.1) is 0 Å². The summed E-state index contributed by atoms with van der Waals surface area (Å²) < 4.78 is 22.9. The normalized spacial score (nSPS) is 14.1. The number of sulfone groups is 1. The maximum Gasteiger partial charge on any atom is 0.151 e. The topological polar surface area (TPSA) is 107 Å². The van der Waals surface area contributed by atoms with Crippen molar-refractivity contribution in [1.82, 2.24) is 5.32 Å². The Labute approximate surface area is 154 Å². The molecule has 2 atom stereocenters. The van der Waals surface area contributed by atoms with Gasteiger partial charge in [-0.15, -0.1) is 0 Å². The van der Waals surface area contributed by atoms with Crippen LogP contribution in [0.5, 0.6) is 11.5 Å². The van der Waals surface area contributed by atoms with Crippen LogP contribution in [0.1, 0.15) is 29.7 Å². The van der Waals surface area contributed by atoms with Gasteiger partial charge in [0.15, 0.2) is 9.84 Å². The van der Waals surface area contributed by atoms with E-state index >= 15 is 0 Å². The first-order chi connectivity index (χ1) is 12.1. The first-order valence-electron chi connectivity index (χ1n) is 8.33. The van der Waals surface area contributed by atoms with Gasteiger partial charge in [0.25, 0.3) is 0 Å². The molecular formula is C19H25NO5S. The molecule has 0 spiro atoms. The van der Waals surface area contributed by atoms with Crippen LogP contribution in [0.2, 0.25) is 0 Å². The zero-order chi connectivity index (χ0) is 19.3.